The van der Waals surface area contributed by atoms with Crippen LogP contribution in [0.25, 0.3) is 0 Å². The second kappa shape index (κ2) is 8.63. The van der Waals surface area contributed by atoms with E-state index in [1.807, 2.05) is 30.3 Å². The molecule has 128 valence electrons. The molecular formula is C16H20IN5OS. The number of carbonyl (C=O) groups is 1. The Hall–Kier alpha value is -1.39. The fraction of sp³-hybridized carbons (Fsp3) is 0.375. The molecule has 0 bridgehead atoms. The third-order valence-corrected chi connectivity index (χ3v) is 4.87. The smallest absolute Gasteiger partial charge is 0.313 e. The summed E-state index contributed by atoms with van der Waals surface area (Å²) in [5.74, 6) is 1.17. The highest BCUT2D eigenvalue weighted by molar-refractivity contribution is 7.14. The molecule has 1 aromatic carbocycles. The number of hydrogen-bond acceptors (Lipinski definition) is 6. The van der Waals surface area contributed by atoms with Gasteiger partial charge in [-0.3, -0.25) is 4.79 Å². The molecule has 2 aromatic rings. The first kappa shape index (κ1) is 18.9. The van der Waals surface area contributed by atoms with Gasteiger partial charge in [0, 0.05) is 18.0 Å². The number of nitrogens with zero attached hydrogens (tertiary/aromatic N) is 3. The predicted octanol–water partition coefficient (Wildman–Crippen LogP) is -1.98. The molecule has 1 aliphatic heterocycles. The molecule has 0 radical (unpaired) electrons. The Morgan fingerprint density at radius 3 is 2.62 bits per heavy atom. The zero-order valence-corrected chi connectivity index (χ0v) is 16.6. The normalized spacial score (nSPS) is 14.7. The van der Waals surface area contributed by atoms with Gasteiger partial charge in [-0.2, -0.15) is 0 Å². The van der Waals surface area contributed by atoms with Gasteiger partial charge in [-0.05, 0) is 11.3 Å². The van der Waals surface area contributed by atoms with Crippen molar-refractivity contribution < 1.29 is 33.7 Å². The van der Waals surface area contributed by atoms with E-state index in [0.29, 0.717) is 11.5 Å². The van der Waals surface area contributed by atoms with Gasteiger partial charge < -0.3 is 29.3 Å². The van der Waals surface area contributed by atoms with Gasteiger partial charge in [0.05, 0.1) is 6.54 Å². The van der Waals surface area contributed by atoms with Gasteiger partial charge in [0.15, 0.2) is 6.54 Å². The summed E-state index contributed by atoms with van der Waals surface area (Å²) in [5, 5.41) is 13.5. The lowest BCUT2D eigenvalue weighted by Crippen LogP contribution is -3.12. The molecule has 24 heavy (non-hydrogen) atoms. The summed E-state index contributed by atoms with van der Waals surface area (Å²) < 4.78 is 0. The molecule has 1 aromatic heterocycles. The molecule has 8 heteroatoms. The standard InChI is InChI=1S/C16H19N5OS.HI/c1-11(2)14-19-20-16(23-14)21(15-17-8-9-18-15)10-13(22)12-6-4-3-5-7-12;/h3-7,11H,8-10H2,1-2H3,(H,17,18);1H. The minimum Gasteiger partial charge on any atom is -1.00 e. The van der Waals surface area contributed by atoms with E-state index in [9.17, 15) is 4.79 Å². The number of aromatic nitrogens is 2. The number of carbonyl (C=O) groups excluding carboxylic acids is 1. The molecule has 0 amide bonds. The Labute approximate surface area is 162 Å². The van der Waals surface area contributed by atoms with Gasteiger partial charge in [-0.25, -0.2) is 9.89 Å². The Kier molecular flexibility index (Phi) is 6.81. The summed E-state index contributed by atoms with van der Waals surface area (Å²) in [7, 11) is 0. The summed E-state index contributed by atoms with van der Waals surface area (Å²) in [6.07, 6.45) is 0. The van der Waals surface area contributed by atoms with E-state index < -0.39 is 0 Å². The molecule has 1 aliphatic rings. The fourth-order valence-electron chi connectivity index (χ4n) is 2.34. The number of Topliss-reactive ketones (excluding diaryl/α,β-unsaturated/α-hetero) is 1. The fourth-order valence-corrected chi connectivity index (χ4v) is 3.23. The van der Waals surface area contributed by atoms with E-state index in [-0.39, 0.29) is 36.3 Å². The molecule has 0 fully saturated rings. The minimum atomic E-state index is 0. The highest BCUT2D eigenvalue weighted by Gasteiger charge is 2.30. The monoisotopic (exact) mass is 457 g/mol. The highest BCUT2D eigenvalue weighted by atomic mass is 127. The van der Waals surface area contributed by atoms with Crippen molar-refractivity contribution in [3.8, 4) is 0 Å². The molecule has 1 unspecified atom stereocenters. The Balaban J connectivity index is 0.00000208. The van der Waals surface area contributed by atoms with E-state index in [0.717, 1.165) is 34.1 Å². The largest absolute Gasteiger partial charge is 1.00 e. The van der Waals surface area contributed by atoms with Crippen molar-refractivity contribution in [1.82, 2.24) is 15.5 Å². The molecule has 3 rings (SSSR count). The van der Waals surface area contributed by atoms with Crippen LogP contribution in [0, 0.1) is 0 Å². The van der Waals surface area contributed by atoms with Crippen molar-refractivity contribution in [3.05, 3.63) is 40.9 Å². The van der Waals surface area contributed by atoms with Crippen LogP contribution < -0.4 is 34.2 Å². The summed E-state index contributed by atoms with van der Waals surface area (Å²) in [6, 6.07) is 9.33. The van der Waals surface area contributed by atoms with Crippen molar-refractivity contribution in [3.63, 3.8) is 0 Å². The number of hydrogen-bond donors (Lipinski definition) is 2. The summed E-state index contributed by atoms with van der Waals surface area (Å²) in [4.78, 5) is 17.9. The van der Waals surface area contributed by atoms with Crippen molar-refractivity contribution in [1.29, 1.82) is 0 Å². The second-order valence-corrected chi connectivity index (χ2v) is 6.71. The third-order valence-electron chi connectivity index (χ3n) is 3.59. The van der Waals surface area contributed by atoms with Crippen molar-refractivity contribution in [2.75, 3.05) is 19.6 Å². The average Bonchev–Trinajstić information content (AvgIpc) is 3.25. The van der Waals surface area contributed by atoms with Crippen molar-refractivity contribution >= 4 is 28.2 Å². The van der Waals surface area contributed by atoms with Gasteiger partial charge in [0.2, 0.25) is 5.78 Å². The zero-order valence-electron chi connectivity index (χ0n) is 13.6. The van der Waals surface area contributed by atoms with Crippen molar-refractivity contribution in [2.45, 2.75) is 19.8 Å². The maximum Gasteiger partial charge on any atom is 0.313 e. The second-order valence-electron chi connectivity index (χ2n) is 5.70. The van der Waals surface area contributed by atoms with Crippen LogP contribution in [0.2, 0.25) is 0 Å². The van der Waals surface area contributed by atoms with Crippen LogP contribution in [0.5, 0.6) is 0 Å². The van der Waals surface area contributed by atoms with Gasteiger partial charge in [-0.1, -0.05) is 49.3 Å². The Morgan fingerprint density at radius 1 is 1.29 bits per heavy atom. The van der Waals surface area contributed by atoms with E-state index in [4.69, 9.17) is 0 Å². The number of quaternary nitrogens is 1. The molecule has 6 nitrogen and oxygen atoms in total. The van der Waals surface area contributed by atoms with Crippen LogP contribution in [0.1, 0.15) is 35.1 Å². The minimum absolute atomic E-state index is 0. The van der Waals surface area contributed by atoms with E-state index in [2.05, 4.69) is 34.4 Å². The number of ketones is 1. The Morgan fingerprint density at radius 2 is 2.04 bits per heavy atom. The maximum absolute atomic E-state index is 12.6. The maximum atomic E-state index is 12.6. The van der Waals surface area contributed by atoms with E-state index in [1.165, 1.54) is 0 Å². The molecule has 0 saturated carbocycles. The number of nitrogens with one attached hydrogen (secondary N) is 2. The molecule has 0 aliphatic carbocycles. The Bertz CT molecular complexity index is 716. The summed E-state index contributed by atoms with van der Waals surface area (Å²) in [6.45, 7) is 5.99. The van der Waals surface area contributed by atoms with Crippen LogP contribution in [0.4, 0.5) is 5.13 Å². The van der Waals surface area contributed by atoms with Crippen LogP contribution in [-0.2, 0) is 0 Å². The van der Waals surface area contributed by atoms with Crippen LogP contribution >= 0.6 is 11.3 Å². The first-order valence-electron chi connectivity index (χ1n) is 7.71. The number of benzene rings is 1. The molecule has 2 heterocycles. The van der Waals surface area contributed by atoms with Crippen LogP contribution in [0.15, 0.2) is 35.3 Å². The third kappa shape index (κ3) is 4.37. The van der Waals surface area contributed by atoms with E-state index >= 15 is 0 Å². The van der Waals surface area contributed by atoms with Gasteiger partial charge in [0.1, 0.15) is 5.01 Å². The zero-order chi connectivity index (χ0) is 16.2. The summed E-state index contributed by atoms with van der Waals surface area (Å²) in [5.41, 5.74) is 0.706. The lowest BCUT2D eigenvalue weighted by Gasteiger charge is -2.13. The molecule has 0 saturated heterocycles. The number of aliphatic imine (C=N–C) groups is 1. The molecular weight excluding hydrogens is 437 g/mol. The first-order chi connectivity index (χ1) is 11.1. The molecule has 1 atom stereocenters. The van der Waals surface area contributed by atoms with Crippen molar-refractivity contribution in [2.24, 2.45) is 4.99 Å². The quantitative estimate of drug-likeness (QED) is 0.404. The lowest BCUT2D eigenvalue weighted by molar-refractivity contribution is -0.722. The predicted molar refractivity (Wildman–Crippen MR) is 90.6 cm³/mol. The van der Waals surface area contributed by atoms with Crippen LogP contribution in [0.3, 0.4) is 0 Å². The van der Waals surface area contributed by atoms with Gasteiger partial charge >= 0.3 is 11.1 Å². The number of guanidine groups is 1. The summed E-state index contributed by atoms with van der Waals surface area (Å²) >= 11 is 1.54. The topological polar surface area (TPSA) is 71.7 Å². The van der Waals surface area contributed by atoms with Crippen LogP contribution in [-0.4, -0.2) is 41.6 Å². The van der Waals surface area contributed by atoms with E-state index in [1.54, 1.807) is 11.3 Å². The highest BCUT2D eigenvalue weighted by Crippen LogP contribution is 2.20. The van der Waals surface area contributed by atoms with Gasteiger partial charge in [-0.15, -0.1) is 5.10 Å². The van der Waals surface area contributed by atoms with Gasteiger partial charge in [0.25, 0.3) is 0 Å². The molecule has 0 spiro atoms. The first-order valence-corrected chi connectivity index (χ1v) is 8.53. The number of halogens is 1. The SMILES string of the molecule is CC(C)c1nnc([NH+](CC(=O)c2ccccc2)C2=NCCN2)s1.[I-]. The molecule has 2 N–H and O–H groups in total. The number of rotatable bonds is 5. The lowest BCUT2D eigenvalue weighted by atomic mass is 10.1. The average molecular weight is 457 g/mol.